The smallest absolute Gasteiger partial charge is 0.290 e. The SMILES string of the molecule is CC(O)(CNC(=O)C1CCCCN1C(=O)c1ccco1)c1ccco1. The van der Waals surface area contributed by atoms with Crippen molar-refractivity contribution < 1.29 is 23.5 Å². The molecular weight excluding hydrogens is 324 g/mol. The van der Waals surface area contributed by atoms with Gasteiger partial charge in [0, 0.05) is 6.54 Å². The number of likely N-dealkylation sites (tertiary alicyclic amines) is 1. The molecule has 0 spiro atoms. The van der Waals surface area contributed by atoms with E-state index in [1.54, 1.807) is 36.1 Å². The fraction of sp³-hybridized carbons (Fsp3) is 0.444. The molecule has 1 saturated heterocycles. The average Bonchev–Trinajstić information content (AvgIpc) is 3.32. The van der Waals surface area contributed by atoms with Crippen LogP contribution >= 0.6 is 0 Å². The summed E-state index contributed by atoms with van der Waals surface area (Å²) in [5.74, 6) is 0.0244. The van der Waals surface area contributed by atoms with E-state index in [4.69, 9.17) is 8.83 Å². The predicted molar refractivity (Wildman–Crippen MR) is 88.7 cm³/mol. The molecule has 2 amide bonds. The van der Waals surface area contributed by atoms with E-state index in [0.29, 0.717) is 18.7 Å². The summed E-state index contributed by atoms with van der Waals surface area (Å²) in [5, 5.41) is 13.2. The maximum Gasteiger partial charge on any atom is 0.290 e. The monoisotopic (exact) mass is 346 g/mol. The van der Waals surface area contributed by atoms with Crippen molar-refractivity contribution in [2.75, 3.05) is 13.1 Å². The third-order valence-corrected chi connectivity index (χ3v) is 4.46. The number of nitrogens with zero attached hydrogens (tertiary/aromatic N) is 1. The van der Waals surface area contributed by atoms with Gasteiger partial charge < -0.3 is 24.2 Å². The summed E-state index contributed by atoms with van der Waals surface area (Å²) >= 11 is 0. The molecule has 7 nitrogen and oxygen atoms in total. The second-order valence-corrected chi connectivity index (χ2v) is 6.46. The minimum absolute atomic E-state index is 0.00136. The highest BCUT2D eigenvalue weighted by molar-refractivity contribution is 5.95. The van der Waals surface area contributed by atoms with Gasteiger partial charge in [-0.05, 0) is 50.5 Å². The molecule has 0 radical (unpaired) electrons. The fourth-order valence-corrected chi connectivity index (χ4v) is 3.04. The van der Waals surface area contributed by atoms with Crippen LogP contribution in [-0.2, 0) is 10.4 Å². The average molecular weight is 346 g/mol. The highest BCUT2D eigenvalue weighted by Crippen LogP contribution is 2.22. The van der Waals surface area contributed by atoms with E-state index >= 15 is 0 Å². The minimum Gasteiger partial charge on any atom is -0.466 e. The summed E-state index contributed by atoms with van der Waals surface area (Å²) in [6.45, 7) is 2.07. The van der Waals surface area contributed by atoms with Gasteiger partial charge in [0.1, 0.15) is 17.4 Å². The lowest BCUT2D eigenvalue weighted by molar-refractivity contribution is -0.128. The molecule has 0 aromatic carbocycles. The molecule has 2 unspecified atom stereocenters. The zero-order valence-electron chi connectivity index (χ0n) is 14.1. The molecule has 1 aliphatic rings. The molecule has 0 aliphatic carbocycles. The Bertz CT molecular complexity index is 706. The summed E-state index contributed by atoms with van der Waals surface area (Å²) in [6, 6.07) is 6.00. The van der Waals surface area contributed by atoms with Crippen LogP contribution in [0.5, 0.6) is 0 Å². The van der Waals surface area contributed by atoms with Crippen molar-refractivity contribution in [3.63, 3.8) is 0 Å². The largest absolute Gasteiger partial charge is 0.466 e. The van der Waals surface area contributed by atoms with Gasteiger partial charge in [0.2, 0.25) is 5.91 Å². The summed E-state index contributed by atoms with van der Waals surface area (Å²) < 4.78 is 10.4. The highest BCUT2D eigenvalue weighted by atomic mass is 16.4. The topological polar surface area (TPSA) is 95.9 Å². The number of hydrogen-bond donors (Lipinski definition) is 2. The van der Waals surface area contributed by atoms with Crippen molar-refractivity contribution in [2.24, 2.45) is 0 Å². The number of amides is 2. The van der Waals surface area contributed by atoms with Crippen LogP contribution in [0, 0.1) is 0 Å². The van der Waals surface area contributed by atoms with Crippen molar-refractivity contribution >= 4 is 11.8 Å². The molecule has 2 aromatic heterocycles. The Morgan fingerprint density at radius 1 is 1.28 bits per heavy atom. The van der Waals surface area contributed by atoms with Gasteiger partial charge in [-0.1, -0.05) is 0 Å². The van der Waals surface area contributed by atoms with Crippen molar-refractivity contribution in [2.45, 2.75) is 37.8 Å². The van der Waals surface area contributed by atoms with Crippen LogP contribution in [0.25, 0.3) is 0 Å². The molecule has 0 saturated carbocycles. The van der Waals surface area contributed by atoms with Gasteiger partial charge in [-0.2, -0.15) is 0 Å². The zero-order valence-corrected chi connectivity index (χ0v) is 14.1. The summed E-state index contributed by atoms with van der Waals surface area (Å²) in [7, 11) is 0. The third kappa shape index (κ3) is 3.76. The Morgan fingerprint density at radius 2 is 2.04 bits per heavy atom. The molecule has 3 rings (SSSR count). The van der Waals surface area contributed by atoms with Gasteiger partial charge in [-0.15, -0.1) is 0 Å². The van der Waals surface area contributed by atoms with Crippen LogP contribution < -0.4 is 5.32 Å². The Labute approximate surface area is 145 Å². The van der Waals surface area contributed by atoms with Gasteiger partial charge in [0.15, 0.2) is 5.76 Å². The van der Waals surface area contributed by atoms with Gasteiger partial charge >= 0.3 is 0 Å². The van der Waals surface area contributed by atoms with Crippen LogP contribution in [0.1, 0.15) is 42.5 Å². The standard InChI is InChI=1S/C18H22N2O5/c1-18(23,15-8-5-11-25-15)12-19-16(21)13-6-2-3-9-20(13)17(22)14-7-4-10-24-14/h4-5,7-8,10-11,13,23H,2-3,6,9,12H2,1H3,(H,19,21). The van der Waals surface area contributed by atoms with E-state index < -0.39 is 11.6 Å². The van der Waals surface area contributed by atoms with Crippen molar-refractivity contribution in [1.29, 1.82) is 0 Å². The summed E-state index contributed by atoms with van der Waals surface area (Å²) in [6.07, 6.45) is 5.21. The molecule has 3 heterocycles. The first kappa shape index (κ1) is 17.3. The van der Waals surface area contributed by atoms with E-state index in [1.807, 2.05) is 0 Å². The quantitative estimate of drug-likeness (QED) is 0.862. The fourth-order valence-electron chi connectivity index (χ4n) is 3.04. The highest BCUT2D eigenvalue weighted by Gasteiger charge is 2.35. The van der Waals surface area contributed by atoms with E-state index in [1.165, 1.54) is 12.5 Å². The molecule has 2 atom stereocenters. The first-order chi connectivity index (χ1) is 12.0. The molecule has 7 heteroatoms. The predicted octanol–water partition coefficient (Wildman–Crippen LogP) is 1.89. The third-order valence-electron chi connectivity index (χ3n) is 4.46. The molecular formula is C18H22N2O5. The molecule has 2 N–H and O–H groups in total. The molecule has 1 fully saturated rings. The maximum atomic E-state index is 12.6. The Hall–Kier alpha value is -2.54. The van der Waals surface area contributed by atoms with Gasteiger partial charge in [-0.25, -0.2) is 0 Å². The van der Waals surface area contributed by atoms with E-state index in [-0.39, 0.29) is 24.1 Å². The minimum atomic E-state index is -1.32. The number of rotatable bonds is 5. The number of carbonyl (C=O) groups is 2. The summed E-state index contributed by atoms with van der Waals surface area (Å²) in [4.78, 5) is 26.7. The number of hydrogen-bond acceptors (Lipinski definition) is 5. The molecule has 2 aromatic rings. The number of piperidine rings is 1. The zero-order chi connectivity index (χ0) is 17.9. The van der Waals surface area contributed by atoms with Crippen LogP contribution in [0.4, 0.5) is 0 Å². The summed E-state index contributed by atoms with van der Waals surface area (Å²) in [5.41, 5.74) is -1.32. The number of furan rings is 2. The number of nitrogens with one attached hydrogen (secondary N) is 1. The molecule has 25 heavy (non-hydrogen) atoms. The van der Waals surface area contributed by atoms with Crippen molar-refractivity contribution in [3.05, 3.63) is 48.3 Å². The Balaban J connectivity index is 1.66. The lowest BCUT2D eigenvalue weighted by Crippen LogP contribution is -2.53. The molecule has 0 bridgehead atoms. The number of aliphatic hydroxyl groups is 1. The maximum absolute atomic E-state index is 12.6. The second kappa shape index (κ2) is 7.14. The number of carbonyl (C=O) groups excluding carboxylic acids is 2. The van der Waals surface area contributed by atoms with Gasteiger partial charge in [0.05, 0.1) is 19.1 Å². The first-order valence-corrected chi connectivity index (χ1v) is 8.37. The Kier molecular flexibility index (Phi) is 4.94. The van der Waals surface area contributed by atoms with Crippen LogP contribution in [0.2, 0.25) is 0 Å². The molecule has 134 valence electrons. The lowest BCUT2D eigenvalue weighted by atomic mass is 9.99. The van der Waals surface area contributed by atoms with Gasteiger partial charge in [0.25, 0.3) is 5.91 Å². The van der Waals surface area contributed by atoms with Gasteiger partial charge in [-0.3, -0.25) is 9.59 Å². The van der Waals surface area contributed by atoms with Crippen LogP contribution in [0.15, 0.2) is 45.6 Å². The van der Waals surface area contributed by atoms with Crippen molar-refractivity contribution in [3.8, 4) is 0 Å². The van der Waals surface area contributed by atoms with Crippen LogP contribution in [-0.4, -0.2) is 41.0 Å². The van der Waals surface area contributed by atoms with Crippen LogP contribution in [0.3, 0.4) is 0 Å². The van der Waals surface area contributed by atoms with E-state index in [9.17, 15) is 14.7 Å². The van der Waals surface area contributed by atoms with E-state index in [0.717, 1.165) is 12.8 Å². The normalized spacial score (nSPS) is 20.1. The Morgan fingerprint density at radius 3 is 2.72 bits per heavy atom. The van der Waals surface area contributed by atoms with Crippen molar-refractivity contribution in [1.82, 2.24) is 10.2 Å². The first-order valence-electron chi connectivity index (χ1n) is 8.37. The lowest BCUT2D eigenvalue weighted by Gasteiger charge is -2.34. The molecule has 1 aliphatic heterocycles. The second-order valence-electron chi connectivity index (χ2n) is 6.46. The van der Waals surface area contributed by atoms with E-state index in [2.05, 4.69) is 5.32 Å².